The number of halogens is 1. The van der Waals surface area contributed by atoms with Gasteiger partial charge in [0.25, 0.3) is 0 Å². The fourth-order valence-corrected chi connectivity index (χ4v) is 1.00. The van der Waals surface area contributed by atoms with Crippen molar-refractivity contribution in [2.24, 2.45) is 0 Å². The first-order chi connectivity index (χ1) is 4.70. The Kier molecular flexibility index (Phi) is 2.21. The minimum Gasteiger partial charge on any atom is -0.300 e. The number of rotatable bonds is 2. The number of carbonyl (C=O) groups is 1. The second-order valence-electron chi connectivity index (χ2n) is 2.08. The number of hydrogen-bond donors (Lipinski definition) is 1. The van der Waals surface area contributed by atoms with Gasteiger partial charge in [-0.25, -0.2) is 0 Å². The predicted molar refractivity (Wildman–Crippen MR) is 40.7 cm³/mol. The molecule has 1 rings (SSSR count). The van der Waals surface area contributed by atoms with E-state index in [9.17, 15) is 4.79 Å². The molecule has 0 aliphatic rings. The van der Waals surface area contributed by atoms with Crippen LogP contribution in [-0.2, 0) is 11.2 Å². The van der Waals surface area contributed by atoms with Crippen molar-refractivity contribution in [2.75, 3.05) is 0 Å². The number of Topliss-reactive ketones (excluding diaryl/α,β-unsaturated/α-hetero) is 1. The second-order valence-corrected chi connectivity index (χ2v) is 2.93. The molecule has 0 fully saturated rings. The van der Waals surface area contributed by atoms with Gasteiger partial charge >= 0.3 is 0 Å². The number of carbonyl (C=O) groups excluding carboxylic acids is 1. The molecule has 0 aliphatic heterocycles. The molecule has 0 unspecified atom stereocenters. The van der Waals surface area contributed by atoms with Gasteiger partial charge in [0.15, 0.2) is 0 Å². The fraction of sp³-hybridized carbons (Fsp3) is 0.333. The van der Waals surface area contributed by atoms with Crippen LogP contribution in [0.4, 0.5) is 0 Å². The van der Waals surface area contributed by atoms with E-state index < -0.39 is 0 Å². The van der Waals surface area contributed by atoms with E-state index in [4.69, 9.17) is 0 Å². The Balaban J connectivity index is 2.74. The van der Waals surface area contributed by atoms with Gasteiger partial charge in [0.05, 0.1) is 16.4 Å². The van der Waals surface area contributed by atoms with Gasteiger partial charge in [-0.3, -0.25) is 9.89 Å². The largest absolute Gasteiger partial charge is 0.300 e. The molecule has 10 heavy (non-hydrogen) atoms. The standard InChI is InChI=1S/C6H7BrN2O/c1-4(10)2-6-5(7)3-8-9-6/h3H,2H2,1H3,(H,8,9). The fourth-order valence-electron chi connectivity index (χ4n) is 0.671. The molecule has 0 amide bonds. The first-order valence-corrected chi connectivity index (χ1v) is 3.66. The summed E-state index contributed by atoms with van der Waals surface area (Å²) in [7, 11) is 0. The summed E-state index contributed by atoms with van der Waals surface area (Å²) in [5.74, 6) is 0.130. The van der Waals surface area contributed by atoms with E-state index in [1.807, 2.05) is 0 Å². The van der Waals surface area contributed by atoms with Crippen LogP contribution >= 0.6 is 15.9 Å². The van der Waals surface area contributed by atoms with Gasteiger partial charge in [-0.2, -0.15) is 5.10 Å². The van der Waals surface area contributed by atoms with Crippen LogP contribution < -0.4 is 0 Å². The highest BCUT2D eigenvalue weighted by molar-refractivity contribution is 9.10. The van der Waals surface area contributed by atoms with Gasteiger partial charge in [-0.1, -0.05) is 0 Å². The molecule has 1 heterocycles. The van der Waals surface area contributed by atoms with E-state index in [-0.39, 0.29) is 5.78 Å². The topological polar surface area (TPSA) is 45.8 Å². The van der Waals surface area contributed by atoms with E-state index in [1.165, 1.54) is 0 Å². The molecule has 0 aromatic carbocycles. The molecular weight excluding hydrogens is 196 g/mol. The molecular formula is C6H7BrN2O. The number of ketones is 1. The summed E-state index contributed by atoms with van der Waals surface area (Å²) >= 11 is 3.25. The third kappa shape index (κ3) is 1.67. The van der Waals surface area contributed by atoms with Crippen molar-refractivity contribution in [3.63, 3.8) is 0 Å². The molecule has 0 saturated heterocycles. The van der Waals surface area contributed by atoms with Gasteiger partial charge in [0.1, 0.15) is 5.78 Å². The van der Waals surface area contributed by atoms with Crippen molar-refractivity contribution in [3.05, 3.63) is 16.4 Å². The molecule has 0 bridgehead atoms. The van der Waals surface area contributed by atoms with Crippen LogP contribution in [0.15, 0.2) is 10.7 Å². The van der Waals surface area contributed by atoms with E-state index in [0.29, 0.717) is 6.42 Å². The van der Waals surface area contributed by atoms with E-state index >= 15 is 0 Å². The summed E-state index contributed by atoms with van der Waals surface area (Å²) in [6.07, 6.45) is 2.05. The van der Waals surface area contributed by atoms with Crippen LogP contribution in [-0.4, -0.2) is 16.0 Å². The maximum absolute atomic E-state index is 10.6. The Morgan fingerprint density at radius 3 is 3.00 bits per heavy atom. The summed E-state index contributed by atoms with van der Waals surface area (Å²) in [6, 6.07) is 0. The Hall–Kier alpha value is -0.640. The maximum Gasteiger partial charge on any atom is 0.135 e. The number of nitrogens with zero attached hydrogens (tertiary/aromatic N) is 1. The summed E-state index contributed by atoms with van der Waals surface area (Å²) in [6.45, 7) is 1.55. The van der Waals surface area contributed by atoms with Crippen LogP contribution in [0.5, 0.6) is 0 Å². The monoisotopic (exact) mass is 202 g/mol. The highest BCUT2D eigenvalue weighted by atomic mass is 79.9. The van der Waals surface area contributed by atoms with Crippen LogP contribution in [0, 0.1) is 0 Å². The quantitative estimate of drug-likeness (QED) is 0.787. The number of nitrogens with one attached hydrogen (secondary N) is 1. The van der Waals surface area contributed by atoms with E-state index in [1.54, 1.807) is 13.1 Å². The predicted octanol–water partition coefficient (Wildman–Crippen LogP) is 1.30. The SMILES string of the molecule is CC(=O)Cc1[nH]ncc1Br. The lowest BCUT2D eigenvalue weighted by Crippen LogP contribution is -1.96. The van der Waals surface area contributed by atoms with Gasteiger partial charge < -0.3 is 0 Å². The molecule has 0 atom stereocenters. The average Bonchev–Trinajstić information content (AvgIpc) is 2.15. The van der Waals surface area contributed by atoms with Crippen LogP contribution in [0.1, 0.15) is 12.6 Å². The van der Waals surface area contributed by atoms with E-state index in [0.717, 1.165) is 10.2 Å². The van der Waals surface area contributed by atoms with Crippen molar-refractivity contribution in [3.8, 4) is 0 Å². The molecule has 0 saturated carbocycles. The van der Waals surface area contributed by atoms with Crippen molar-refractivity contribution >= 4 is 21.7 Å². The lowest BCUT2D eigenvalue weighted by atomic mass is 10.2. The Morgan fingerprint density at radius 2 is 2.60 bits per heavy atom. The zero-order valence-corrected chi connectivity index (χ0v) is 7.10. The third-order valence-electron chi connectivity index (χ3n) is 1.09. The molecule has 1 N–H and O–H groups in total. The van der Waals surface area contributed by atoms with Gasteiger partial charge in [0.2, 0.25) is 0 Å². The van der Waals surface area contributed by atoms with Gasteiger partial charge in [-0.15, -0.1) is 0 Å². The second kappa shape index (κ2) is 2.96. The highest BCUT2D eigenvalue weighted by Gasteiger charge is 2.03. The summed E-state index contributed by atoms with van der Waals surface area (Å²) in [4.78, 5) is 10.6. The minimum absolute atomic E-state index is 0.130. The van der Waals surface area contributed by atoms with Crippen molar-refractivity contribution < 1.29 is 4.79 Å². The molecule has 54 valence electrons. The van der Waals surface area contributed by atoms with Crippen molar-refractivity contribution in [2.45, 2.75) is 13.3 Å². The number of H-pyrrole nitrogens is 1. The zero-order chi connectivity index (χ0) is 7.56. The normalized spacial score (nSPS) is 9.80. The van der Waals surface area contributed by atoms with Crippen LogP contribution in [0.3, 0.4) is 0 Å². The Morgan fingerprint density at radius 1 is 1.90 bits per heavy atom. The Labute approximate surface area is 67.0 Å². The molecule has 1 aromatic rings. The van der Waals surface area contributed by atoms with Crippen LogP contribution in [0.2, 0.25) is 0 Å². The summed E-state index contributed by atoms with van der Waals surface area (Å²) in [5.41, 5.74) is 0.840. The zero-order valence-electron chi connectivity index (χ0n) is 5.52. The summed E-state index contributed by atoms with van der Waals surface area (Å²) < 4.78 is 0.864. The maximum atomic E-state index is 10.6. The van der Waals surface area contributed by atoms with Crippen molar-refractivity contribution in [1.29, 1.82) is 0 Å². The molecule has 3 nitrogen and oxygen atoms in total. The highest BCUT2D eigenvalue weighted by Crippen LogP contribution is 2.12. The van der Waals surface area contributed by atoms with Crippen LogP contribution in [0.25, 0.3) is 0 Å². The molecule has 1 aromatic heterocycles. The van der Waals surface area contributed by atoms with Crippen molar-refractivity contribution in [1.82, 2.24) is 10.2 Å². The molecule has 0 radical (unpaired) electrons. The average molecular weight is 203 g/mol. The smallest absolute Gasteiger partial charge is 0.135 e. The number of hydrogen-bond acceptors (Lipinski definition) is 2. The minimum atomic E-state index is 0.130. The third-order valence-corrected chi connectivity index (χ3v) is 1.77. The molecule has 0 aliphatic carbocycles. The molecule has 0 spiro atoms. The summed E-state index contributed by atoms with van der Waals surface area (Å²) in [5, 5.41) is 6.47. The van der Waals surface area contributed by atoms with Gasteiger partial charge in [-0.05, 0) is 22.9 Å². The van der Waals surface area contributed by atoms with E-state index in [2.05, 4.69) is 26.1 Å². The number of aromatic nitrogens is 2. The Bertz CT molecular complexity index is 244. The first kappa shape index (κ1) is 7.47. The lowest BCUT2D eigenvalue weighted by Gasteiger charge is -1.90. The molecule has 4 heteroatoms. The lowest BCUT2D eigenvalue weighted by molar-refractivity contribution is -0.116. The first-order valence-electron chi connectivity index (χ1n) is 2.87. The number of aromatic amines is 1. The van der Waals surface area contributed by atoms with Gasteiger partial charge in [0, 0.05) is 6.42 Å².